The summed E-state index contributed by atoms with van der Waals surface area (Å²) in [6.07, 6.45) is -0.0599. The Labute approximate surface area is 216 Å². The number of carbonyl (C=O) groups is 5. The van der Waals surface area contributed by atoms with E-state index >= 15 is 0 Å². The van der Waals surface area contributed by atoms with Crippen LogP contribution in [0.25, 0.3) is 0 Å². The average molecular weight is 523 g/mol. The molecule has 0 aliphatic carbocycles. The predicted molar refractivity (Wildman–Crippen MR) is 134 cm³/mol. The molecule has 5 unspecified atom stereocenters. The van der Waals surface area contributed by atoms with Gasteiger partial charge in [-0.2, -0.15) is 0 Å². The maximum atomic E-state index is 13.2. The summed E-state index contributed by atoms with van der Waals surface area (Å²) in [6.45, 7) is 7.12. The fourth-order valence-corrected chi connectivity index (χ4v) is 3.56. The predicted octanol–water partition coefficient (Wildman–Crippen LogP) is 0.368. The molecule has 0 radical (unpaired) electrons. The van der Waals surface area contributed by atoms with Crippen LogP contribution in [0.1, 0.15) is 52.5 Å². The number of phenolic OH excluding ortho intramolecular Hbond substituents is 1. The standard InChI is InChI=1S/C25H38N4O8/c1-5-14(4)21(25(36)37)29-24(35)19(12-20(31)32)28-23(34)18(11-15-6-8-16(30)9-7-15)27-22(33)17(26)10-13(2)3/h6-9,13-14,17-19,21,30H,5,10-12,26H2,1-4H3,(H,27,33)(H,28,34)(H,29,35)(H,31,32)(H,36,37). The fourth-order valence-electron chi connectivity index (χ4n) is 3.56. The number of aromatic hydroxyl groups is 1. The van der Waals surface area contributed by atoms with Crippen LogP contribution in [-0.4, -0.2) is 69.1 Å². The van der Waals surface area contributed by atoms with E-state index in [1.54, 1.807) is 26.0 Å². The number of hydrogen-bond donors (Lipinski definition) is 7. The third kappa shape index (κ3) is 10.9. The van der Waals surface area contributed by atoms with Crippen molar-refractivity contribution in [2.24, 2.45) is 17.6 Å². The van der Waals surface area contributed by atoms with Crippen LogP contribution in [0.15, 0.2) is 24.3 Å². The maximum absolute atomic E-state index is 13.2. The number of nitrogens with one attached hydrogen (secondary N) is 3. The van der Waals surface area contributed by atoms with Gasteiger partial charge in [0.2, 0.25) is 17.7 Å². The summed E-state index contributed by atoms with van der Waals surface area (Å²) < 4.78 is 0. The Balaban J connectivity index is 3.17. The molecule has 0 spiro atoms. The monoisotopic (exact) mass is 522 g/mol. The van der Waals surface area contributed by atoms with Crippen molar-refractivity contribution in [2.75, 3.05) is 0 Å². The molecule has 0 aromatic heterocycles. The molecule has 206 valence electrons. The molecule has 0 fully saturated rings. The number of hydrogen-bond acceptors (Lipinski definition) is 7. The minimum atomic E-state index is -1.60. The van der Waals surface area contributed by atoms with E-state index < -0.39 is 66.2 Å². The first-order valence-corrected chi connectivity index (χ1v) is 12.1. The molecule has 12 nitrogen and oxygen atoms in total. The Hall–Kier alpha value is -3.67. The highest BCUT2D eigenvalue weighted by Gasteiger charge is 2.33. The molecule has 37 heavy (non-hydrogen) atoms. The van der Waals surface area contributed by atoms with E-state index in [0.717, 1.165) is 0 Å². The van der Waals surface area contributed by atoms with Crippen LogP contribution in [0.5, 0.6) is 5.75 Å². The lowest BCUT2D eigenvalue weighted by Gasteiger charge is -2.26. The number of nitrogens with two attached hydrogens (primary N) is 1. The van der Waals surface area contributed by atoms with E-state index in [4.69, 9.17) is 5.73 Å². The van der Waals surface area contributed by atoms with Crippen LogP contribution in [0.3, 0.4) is 0 Å². The van der Waals surface area contributed by atoms with Gasteiger partial charge < -0.3 is 37.0 Å². The molecule has 0 aliphatic heterocycles. The fraction of sp³-hybridized carbons (Fsp3) is 0.560. The first-order chi connectivity index (χ1) is 17.2. The van der Waals surface area contributed by atoms with Crippen LogP contribution in [0, 0.1) is 11.8 Å². The largest absolute Gasteiger partial charge is 0.508 e. The number of rotatable bonds is 15. The molecule has 3 amide bonds. The van der Waals surface area contributed by atoms with Gasteiger partial charge in [0.15, 0.2) is 0 Å². The number of carbonyl (C=O) groups excluding carboxylic acids is 3. The summed E-state index contributed by atoms with van der Waals surface area (Å²) in [4.78, 5) is 61.7. The SMILES string of the molecule is CCC(C)C(NC(=O)C(CC(=O)O)NC(=O)C(Cc1ccc(O)cc1)NC(=O)C(N)CC(C)C)C(=O)O. The Bertz CT molecular complexity index is 951. The van der Waals surface area contributed by atoms with E-state index in [-0.39, 0.29) is 18.1 Å². The summed E-state index contributed by atoms with van der Waals surface area (Å²) in [7, 11) is 0. The van der Waals surface area contributed by atoms with Crippen LogP contribution in [-0.2, 0) is 30.4 Å². The molecule has 8 N–H and O–H groups in total. The number of phenols is 1. The highest BCUT2D eigenvalue weighted by atomic mass is 16.4. The molecule has 0 heterocycles. The van der Waals surface area contributed by atoms with Crippen molar-refractivity contribution in [3.05, 3.63) is 29.8 Å². The van der Waals surface area contributed by atoms with Gasteiger partial charge >= 0.3 is 11.9 Å². The van der Waals surface area contributed by atoms with Crippen molar-refractivity contribution in [3.8, 4) is 5.75 Å². The van der Waals surface area contributed by atoms with Crippen LogP contribution in [0.2, 0.25) is 0 Å². The Kier molecular flexibility index (Phi) is 12.5. The molecule has 0 saturated carbocycles. The number of amides is 3. The van der Waals surface area contributed by atoms with Gasteiger partial charge in [-0.05, 0) is 36.0 Å². The van der Waals surface area contributed by atoms with Crippen LogP contribution < -0.4 is 21.7 Å². The number of carboxylic acids is 2. The van der Waals surface area contributed by atoms with E-state index in [2.05, 4.69) is 16.0 Å². The van der Waals surface area contributed by atoms with Crippen molar-refractivity contribution in [1.82, 2.24) is 16.0 Å². The van der Waals surface area contributed by atoms with Gasteiger partial charge in [0.05, 0.1) is 12.5 Å². The molecule has 0 saturated heterocycles. The van der Waals surface area contributed by atoms with Crippen LogP contribution >= 0.6 is 0 Å². The molecule has 1 aromatic carbocycles. The van der Waals surface area contributed by atoms with Crippen molar-refractivity contribution in [3.63, 3.8) is 0 Å². The van der Waals surface area contributed by atoms with Crippen LogP contribution in [0.4, 0.5) is 0 Å². The Morgan fingerprint density at radius 1 is 0.865 bits per heavy atom. The van der Waals surface area contributed by atoms with Gasteiger partial charge in [-0.3, -0.25) is 19.2 Å². The molecular formula is C25H38N4O8. The molecule has 1 rings (SSSR count). The zero-order valence-corrected chi connectivity index (χ0v) is 21.6. The number of aliphatic carboxylic acids is 2. The summed E-state index contributed by atoms with van der Waals surface area (Å²) in [5, 5.41) is 35.5. The van der Waals surface area contributed by atoms with Crippen molar-refractivity contribution in [2.45, 2.75) is 77.5 Å². The zero-order valence-electron chi connectivity index (χ0n) is 21.6. The van der Waals surface area contributed by atoms with Gasteiger partial charge in [0, 0.05) is 6.42 Å². The summed E-state index contributed by atoms with van der Waals surface area (Å²) >= 11 is 0. The smallest absolute Gasteiger partial charge is 0.326 e. The third-order valence-corrected chi connectivity index (χ3v) is 5.86. The van der Waals surface area contributed by atoms with E-state index in [0.29, 0.717) is 18.4 Å². The lowest BCUT2D eigenvalue weighted by atomic mass is 9.98. The van der Waals surface area contributed by atoms with Crippen molar-refractivity contribution < 1.29 is 39.3 Å². The van der Waals surface area contributed by atoms with Gasteiger partial charge in [0.1, 0.15) is 23.9 Å². The molecule has 0 aliphatic rings. The minimum absolute atomic E-state index is 0.000211. The van der Waals surface area contributed by atoms with Gasteiger partial charge in [-0.1, -0.05) is 46.2 Å². The second-order valence-electron chi connectivity index (χ2n) is 9.54. The summed E-state index contributed by atoms with van der Waals surface area (Å²) in [5.74, 6) is -5.46. The van der Waals surface area contributed by atoms with Gasteiger partial charge in [0.25, 0.3) is 0 Å². The molecule has 0 bridgehead atoms. The second-order valence-corrected chi connectivity index (χ2v) is 9.54. The highest BCUT2D eigenvalue weighted by Crippen LogP contribution is 2.13. The normalized spacial score (nSPS) is 15.1. The lowest BCUT2D eigenvalue weighted by Crippen LogP contribution is -2.58. The number of carboxylic acid groups (broad SMARTS) is 2. The third-order valence-electron chi connectivity index (χ3n) is 5.86. The van der Waals surface area contributed by atoms with Crippen molar-refractivity contribution >= 4 is 29.7 Å². The zero-order chi connectivity index (χ0) is 28.3. The van der Waals surface area contributed by atoms with Crippen molar-refractivity contribution in [1.29, 1.82) is 0 Å². The molecule has 1 aromatic rings. The topological polar surface area (TPSA) is 208 Å². The summed E-state index contributed by atoms with van der Waals surface area (Å²) in [5.41, 5.74) is 6.51. The van der Waals surface area contributed by atoms with Gasteiger partial charge in [-0.15, -0.1) is 0 Å². The molecular weight excluding hydrogens is 484 g/mol. The van der Waals surface area contributed by atoms with E-state index in [9.17, 15) is 39.3 Å². The maximum Gasteiger partial charge on any atom is 0.326 e. The van der Waals surface area contributed by atoms with E-state index in [1.807, 2.05) is 13.8 Å². The Morgan fingerprint density at radius 2 is 1.41 bits per heavy atom. The van der Waals surface area contributed by atoms with E-state index in [1.165, 1.54) is 12.1 Å². The molecule has 12 heteroatoms. The quantitative estimate of drug-likeness (QED) is 0.169. The lowest BCUT2D eigenvalue weighted by molar-refractivity contribution is -0.144. The highest BCUT2D eigenvalue weighted by molar-refractivity contribution is 5.95. The van der Waals surface area contributed by atoms with Gasteiger partial charge in [-0.25, -0.2) is 4.79 Å². The molecule has 5 atom stereocenters. The average Bonchev–Trinajstić information content (AvgIpc) is 2.81. The first kappa shape index (κ1) is 31.4. The Morgan fingerprint density at radius 3 is 1.89 bits per heavy atom. The second kappa shape index (κ2) is 14.8. The first-order valence-electron chi connectivity index (χ1n) is 12.1. The minimum Gasteiger partial charge on any atom is -0.508 e. The number of benzene rings is 1. The summed E-state index contributed by atoms with van der Waals surface area (Å²) in [6, 6.07) is 0.869.